The van der Waals surface area contributed by atoms with E-state index in [0.29, 0.717) is 19.4 Å². The topological polar surface area (TPSA) is 92.4 Å². The van der Waals surface area contributed by atoms with Crippen molar-refractivity contribution in [2.24, 2.45) is 11.7 Å². The zero-order valence-electron chi connectivity index (χ0n) is 7.03. The molecule has 0 spiro atoms. The first-order valence-electron chi connectivity index (χ1n) is 3.86. The van der Waals surface area contributed by atoms with Gasteiger partial charge >= 0.3 is 5.97 Å². The Morgan fingerprint density at radius 1 is 1.46 bits per heavy atom. The SMILES string of the molecule is Cl.NC(=O)[C@@H]1C[C@H](C(=O)O)CCN1. The number of aliphatic carboxylic acids is 1. The van der Waals surface area contributed by atoms with Crippen LogP contribution in [0.2, 0.25) is 0 Å². The Balaban J connectivity index is 0.00000144. The van der Waals surface area contributed by atoms with E-state index in [9.17, 15) is 9.59 Å². The van der Waals surface area contributed by atoms with Crippen molar-refractivity contribution >= 4 is 24.3 Å². The quantitative estimate of drug-likeness (QED) is 0.562. The summed E-state index contributed by atoms with van der Waals surface area (Å²) in [5, 5.41) is 11.5. The zero-order valence-corrected chi connectivity index (χ0v) is 7.84. The van der Waals surface area contributed by atoms with E-state index in [1.165, 1.54) is 0 Å². The molecule has 0 aromatic carbocycles. The van der Waals surface area contributed by atoms with Crippen molar-refractivity contribution in [1.29, 1.82) is 0 Å². The maximum atomic E-state index is 10.7. The normalized spacial score (nSPS) is 27.4. The van der Waals surface area contributed by atoms with Gasteiger partial charge in [0.25, 0.3) is 0 Å². The number of carboxylic acids is 1. The zero-order chi connectivity index (χ0) is 9.14. The lowest BCUT2D eigenvalue weighted by molar-refractivity contribution is -0.143. The lowest BCUT2D eigenvalue weighted by Crippen LogP contribution is -2.48. The lowest BCUT2D eigenvalue weighted by Gasteiger charge is -2.25. The Bertz CT molecular complexity index is 190. The molecule has 0 aliphatic carbocycles. The average molecular weight is 209 g/mol. The van der Waals surface area contributed by atoms with Gasteiger partial charge in [-0.25, -0.2) is 0 Å². The summed E-state index contributed by atoms with van der Waals surface area (Å²) in [5.41, 5.74) is 5.04. The minimum atomic E-state index is -0.845. The van der Waals surface area contributed by atoms with Gasteiger partial charge in [0.15, 0.2) is 0 Å². The number of nitrogens with two attached hydrogens (primary N) is 1. The van der Waals surface area contributed by atoms with Crippen LogP contribution in [0.5, 0.6) is 0 Å². The minimum absolute atomic E-state index is 0. The van der Waals surface area contributed by atoms with E-state index >= 15 is 0 Å². The molecular formula is C7H13ClN2O3. The lowest BCUT2D eigenvalue weighted by atomic mass is 9.92. The van der Waals surface area contributed by atoms with E-state index < -0.39 is 23.8 Å². The number of carbonyl (C=O) groups is 2. The Kier molecular flexibility index (Phi) is 4.72. The van der Waals surface area contributed by atoms with Gasteiger partial charge in [-0.2, -0.15) is 0 Å². The van der Waals surface area contributed by atoms with Gasteiger partial charge in [-0.05, 0) is 19.4 Å². The number of carbonyl (C=O) groups excluding carboxylic acids is 1. The average Bonchev–Trinajstić information content (AvgIpc) is 2.04. The molecule has 0 bridgehead atoms. The van der Waals surface area contributed by atoms with Crippen LogP contribution >= 0.6 is 12.4 Å². The van der Waals surface area contributed by atoms with Crippen molar-refractivity contribution in [2.45, 2.75) is 18.9 Å². The van der Waals surface area contributed by atoms with E-state index in [1.54, 1.807) is 0 Å². The summed E-state index contributed by atoms with van der Waals surface area (Å²) in [6, 6.07) is -0.472. The number of hydrogen-bond donors (Lipinski definition) is 3. The smallest absolute Gasteiger partial charge is 0.306 e. The molecule has 0 aromatic rings. The summed E-state index contributed by atoms with van der Waals surface area (Å²) in [7, 11) is 0. The molecule has 4 N–H and O–H groups in total. The summed E-state index contributed by atoms with van der Waals surface area (Å²) in [5.74, 6) is -1.74. The number of rotatable bonds is 2. The van der Waals surface area contributed by atoms with Gasteiger partial charge in [0.05, 0.1) is 12.0 Å². The molecule has 0 aromatic heterocycles. The van der Waals surface area contributed by atoms with Gasteiger partial charge in [0.1, 0.15) is 0 Å². The Morgan fingerprint density at radius 2 is 2.08 bits per heavy atom. The monoisotopic (exact) mass is 208 g/mol. The van der Waals surface area contributed by atoms with Gasteiger partial charge in [0, 0.05) is 0 Å². The van der Waals surface area contributed by atoms with Crippen LogP contribution in [0.3, 0.4) is 0 Å². The molecule has 1 rings (SSSR count). The van der Waals surface area contributed by atoms with Crippen LogP contribution in [-0.4, -0.2) is 29.6 Å². The maximum Gasteiger partial charge on any atom is 0.306 e. The van der Waals surface area contributed by atoms with Crippen LogP contribution in [0.4, 0.5) is 0 Å². The third-order valence-corrected chi connectivity index (χ3v) is 2.10. The van der Waals surface area contributed by atoms with E-state index in [-0.39, 0.29) is 12.4 Å². The molecule has 6 heteroatoms. The van der Waals surface area contributed by atoms with Crippen molar-refractivity contribution in [2.75, 3.05) is 6.54 Å². The Labute approximate surface area is 82.1 Å². The van der Waals surface area contributed by atoms with Crippen LogP contribution in [0.25, 0.3) is 0 Å². The molecule has 0 radical (unpaired) electrons. The first-order valence-corrected chi connectivity index (χ1v) is 3.86. The molecule has 1 aliphatic rings. The van der Waals surface area contributed by atoms with Crippen molar-refractivity contribution < 1.29 is 14.7 Å². The molecular weight excluding hydrogens is 196 g/mol. The van der Waals surface area contributed by atoms with Gasteiger partial charge in [-0.1, -0.05) is 0 Å². The fourth-order valence-electron chi connectivity index (χ4n) is 1.36. The van der Waals surface area contributed by atoms with Crippen LogP contribution in [-0.2, 0) is 9.59 Å². The van der Waals surface area contributed by atoms with Gasteiger partial charge in [-0.3, -0.25) is 9.59 Å². The molecule has 1 aliphatic heterocycles. The highest BCUT2D eigenvalue weighted by atomic mass is 35.5. The summed E-state index contributed by atoms with van der Waals surface area (Å²) in [6.45, 7) is 0.546. The van der Waals surface area contributed by atoms with Crippen LogP contribution < -0.4 is 11.1 Å². The summed E-state index contributed by atoms with van der Waals surface area (Å²) in [4.78, 5) is 21.2. The molecule has 0 saturated carbocycles. The first kappa shape index (κ1) is 12.2. The van der Waals surface area contributed by atoms with E-state index in [1.807, 2.05) is 0 Å². The number of halogens is 1. The van der Waals surface area contributed by atoms with E-state index in [2.05, 4.69) is 5.32 Å². The van der Waals surface area contributed by atoms with E-state index in [0.717, 1.165) is 0 Å². The summed E-state index contributed by atoms with van der Waals surface area (Å²) < 4.78 is 0. The Morgan fingerprint density at radius 3 is 2.54 bits per heavy atom. The third kappa shape index (κ3) is 3.20. The fraction of sp³-hybridized carbons (Fsp3) is 0.714. The number of hydrogen-bond acceptors (Lipinski definition) is 3. The molecule has 0 unspecified atom stereocenters. The van der Waals surface area contributed by atoms with Crippen molar-refractivity contribution in [3.05, 3.63) is 0 Å². The van der Waals surface area contributed by atoms with Crippen LogP contribution in [0.1, 0.15) is 12.8 Å². The second kappa shape index (κ2) is 5.04. The number of primary amides is 1. The van der Waals surface area contributed by atoms with Gasteiger partial charge < -0.3 is 16.2 Å². The maximum absolute atomic E-state index is 10.7. The van der Waals surface area contributed by atoms with Crippen molar-refractivity contribution in [3.8, 4) is 0 Å². The molecule has 5 nitrogen and oxygen atoms in total. The molecule has 1 fully saturated rings. The van der Waals surface area contributed by atoms with Gasteiger partial charge in [0.2, 0.25) is 5.91 Å². The number of amides is 1. The predicted molar refractivity (Wildman–Crippen MR) is 48.6 cm³/mol. The molecule has 1 saturated heterocycles. The molecule has 13 heavy (non-hydrogen) atoms. The molecule has 1 heterocycles. The molecule has 1 amide bonds. The summed E-state index contributed by atoms with van der Waals surface area (Å²) >= 11 is 0. The second-order valence-corrected chi connectivity index (χ2v) is 2.97. The highest BCUT2D eigenvalue weighted by Gasteiger charge is 2.29. The Hall–Kier alpha value is -0.810. The highest BCUT2D eigenvalue weighted by molar-refractivity contribution is 5.85. The first-order chi connectivity index (χ1) is 5.61. The van der Waals surface area contributed by atoms with Gasteiger partial charge in [-0.15, -0.1) is 12.4 Å². The second-order valence-electron chi connectivity index (χ2n) is 2.97. The largest absolute Gasteiger partial charge is 0.481 e. The number of piperidine rings is 1. The van der Waals surface area contributed by atoms with Crippen LogP contribution in [0.15, 0.2) is 0 Å². The van der Waals surface area contributed by atoms with Crippen molar-refractivity contribution in [1.82, 2.24) is 5.32 Å². The van der Waals surface area contributed by atoms with Crippen molar-refractivity contribution in [3.63, 3.8) is 0 Å². The molecule has 2 atom stereocenters. The van der Waals surface area contributed by atoms with Crippen LogP contribution in [0, 0.1) is 5.92 Å². The summed E-state index contributed by atoms with van der Waals surface area (Å²) in [6.07, 6.45) is 0.879. The third-order valence-electron chi connectivity index (χ3n) is 2.10. The fourth-order valence-corrected chi connectivity index (χ4v) is 1.36. The molecule has 76 valence electrons. The number of nitrogens with one attached hydrogen (secondary N) is 1. The van der Waals surface area contributed by atoms with E-state index in [4.69, 9.17) is 10.8 Å². The number of carboxylic acid groups (broad SMARTS) is 1. The predicted octanol–water partition coefficient (Wildman–Crippen LogP) is -0.654. The highest BCUT2D eigenvalue weighted by Crippen LogP contribution is 2.15. The minimum Gasteiger partial charge on any atom is -0.481 e. The standard InChI is InChI=1S/C7H12N2O3.ClH/c8-6(10)5-3-4(7(11)12)1-2-9-5;/h4-5,9H,1-3H2,(H2,8,10)(H,11,12);1H/t4-,5+;/m1./s1.